The number of anilines is 1. The summed E-state index contributed by atoms with van der Waals surface area (Å²) in [7, 11) is 1.71. The van der Waals surface area contributed by atoms with Crippen LogP contribution in [0.25, 0.3) is 10.9 Å². The Morgan fingerprint density at radius 3 is 1.71 bits per heavy atom. The van der Waals surface area contributed by atoms with E-state index < -0.39 is 0 Å². The molecule has 0 atom stereocenters. The van der Waals surface area contributed by atoms with Crippen molar-refractivity contribution in [3.8, 4) is 0 Å². The third kappa shape index (κ3) is 42.2. The number of Topliss-reactive ketones (excluding diaryl/α,β-unsaturated/α-hetero) is 2. The molecule has 0 bridgehead atoms. The monoisotopic (exact) mass is 1100 g/mol. The maximum Gasteiger partial charge on any atom is 0.251 e. The smallest absolute Gasteiger partial charge is 0.251 e. The van der Waals surface area contributed by atoms with Crippen molar-refractivity contribution in [3.05, 3.63) is 119 Å². The summed E-state index contributed by atoms with van der Waals surface area (Å²) >= 11 is 0. The van der Waals surface area contributed by atoms with Crippen molar-refractivity contribution in [2.75, 3.05) is 32.1 Å². The largest absolute Gasteiger partial charge is 0.384 e. The van der Waals surface area contributed by atoms with E-state index in [1.165, 1.54) is 43.2 Å². The van der Waals surface area contributed by atoms with E-state index in [-0.39, 0.29) is 29.4 Å². The number of ketones is 2. The minimum atomic E-state index is -0.00712. The molecule has 0 saturated heterocycles. The number of unbranched alkanes of at least 4 members (excludes halogenated alkanes) is 1. The number of nitrogens with one attached hydrogen (secondary N) is 4. The molecular weight excluding hydrogens is 983 g/mol. The lowest BCUT2D eigenvalue weighted by Crippen LogP contribution is -2.30. The maximum atomic E-state index is 12.2. The molecule has 1 aromatic heterocycles. The van der Waals surface area contributed by atoms with E-state index >= 15 is 0 Å². The Morgan fingerprint density at radius 1 is 0.696 bits per heavy atom. The van der Waals surface area contributed by atoms with Gasteiger partial charge in [0.25, 0.3) is 5.91 Å². The summed E-state index contributed by atoms with van der Waals surface area (Å²) in [5.41, 5.74) is 6.95. The molecule has 0 spiro atoms. The standard InChI is InChI=1S/C18H28N2O.C16H20N2O.C14H21NO.C6H12O.2C4H8O.3C2H6/c1-14(2)19-12-16-8-10-17(11-9-16)18(21)20-13-15-6-4-3-5-7-15;1-10(2)16(19)13-8-9-17-15-12(13)6-5-7-14(15)18-11(3)4;1-4-15-10-13-7-5-12(6-8-13)9-14(16)11(2)3;1-3-4-5-6-7-2;1-4(2)3-5;1-2-3-4-5;3*1-2/h8-11,14-15,19H,3-7,12-13H2,1-2H3,(H,20,21);5-11,18H,1-4H3;5-8,11,15H,4,9-10H2,1-3H3;3-4H,5-6H2,1-2H3;3-4H,1-2H3;4H,2-3H2,1H3;3*1-2H3/b;;;4-3-;;;;;. The quantitative estimate of drug-likeness (QED) is 0.0259. The number of carbonyl (C=O) groups is 5. The van der Waals surface area contributed by atoms with Gasteiger partial charge in [0.2, 0.25) is 0 Å². The van der Waals surface area contributed by atoms with Gasteiger partial charge in [0.15, 0.2) is 5.78 Å². The summed E-state index contributed by atoms with van der Waals surface area (Å²) < 4.78 is 4.79. The molecule has 448 valence electrons. The summed E-state index contributed by atoms with van der Waals surface area (Å²) in [4.78, 5) is 59.3. The second-order valence-corrected chi connectivity index (χ2v) is 19.9. The number of hydrogen-bond donors (Lipinski definition) is 4. The van der Waals surface area contributed by atoms with Crippen molar-refractivity contribution in [3.63, 3.8) is 0 Å². The summed E-state index contributed by atoms with van der Waals surface area (Å²) in [6.45, 7) is 42.4. The minimum Gasteiger partial charge on any atom is -0.384 e. The third-order valence-electron chi connectivity index (χ3n) is 11.2. The predicted octanol–water partition coefficient (Wildman–Crippen LogP) is 16.5. The zero-order chi connectivity index (χ0) is 61.0. The highest BCUT2D eigenvalue weighted by molar-refractivity contribution is 6.10. The highest BCUT2D eigenvalue weighted by Gasteiger charge is 2.17. The van der Waals surface area contributed by atoms with E-state index in [2.05, 4.69) is 79.1 Å². The molecule has 3 aromatic carbocycles. The van der Waals surface area contributed by atoms with Crippen molar-refractivity contribution in [2.45, 2.75) is 215 Å². The van der Waals surface area contributed by atoms with Crippen LogP contribution >= 0.6 is 0 Å². The number of aldehydes is 2. The fourth-order valence-electron chi connectivity index (χ4n) is 6.88. The van der Waals surface area contributed by atoms with E-state index in [0.717, 1.165) is 91.5 Å². The number of carbonyl (C=O) groups excluding carboxylic acids is 5. The van der Waals surface area contributed by atoms with Gasteiger partial charge in [-0.25, -0.2) is 0 Å². The highest BCUT2D eigenvalue weighted by Crippen LogP contribution is 2.26. The molecule has 1 aliphatic carbocycles. The highest BCUT2D eigenvalue weighted by atomic mass is 16.5. The number of nitrogens with zero attached hydrogens (tertiary/aromatic N) is 1. The average molecular weight is 1100 g/mol. The Balaban J connectivity index is -0.000000449. The number of rotatable bonds is 22. The van der Waals surface area contributed by atoms with Crippen molar-refractivity contribution in [2.24, 2.45) is 23.7 Å². The lowest BCUT2D eigenvalue weighted by molar-refractivity contribution is -0.121. The van der Waals surface area contributed by atoms with E-state index in [4.69, 9.17) is 4.74 Å². The van der Waals surface area contributed by atoms with Crippen molar-refractivity contribution in [1.29, 1.82) is 0 Å². The summed E-state index contributed by atoms with van der Waals surface area (Å²) in [6, 6.07) is 24.7. The fraction of sp³-hybridized carbons (Fsp3) is 0.588. The number of ether oxygens (including phenoxy) is 1. The zero-order valence-electron chi connectivity index (χ0n) is 53.6. The van der Waals surface area contributed by atoms with Crippen molar-refractivity contribution in [1.82, 2.24) is 20.9 Å². The second kappa shape index (κ2) is 54.6. The Bertz CT molecular complexity index is 2110. The molecule has 79 heavy (non-hydrogen) atoms. The Kier molecular flexibility index (Phi) is 55.4. The van der Waals surface area contributed by atoms with Crippen LogP contribution in [0, 0.1) is 23.7 Å². The van der Waals surface area contributed by atoms with Crippen LogP contribution in [0.4, 0.5) is 5.69 Å². The molecule has 5 rings (SSSR count). The van der Waals surface area contributed by atoms with E-state index in [1.54, 1.807) is 13.3 Å². The Hall–Kier alpha value is -5.36. The molecule has 1 heterocycles. The van der Waals surface area contributed by atoms with Gasteiger partial charge in [-0.2, -0.15) is 0 Å². The van der Waals surface area contributed by atoms with Crippen LogP contribution < -0.4 is 21.3 Å². The molecule has 4 aromatic rings. The second-order valence-electron chi connectivity index (χ2n) is 19.9. The first-order valence-electron chi connectivity index (χ1n) is 30.0. The lowest BCUT2D eigenvalue weighted by Gasteiger charge is -2.21. The Labute approximate surface area is 483 Å². The number of benzene rings is 3. The average Bonchev–Trinajstić information content (AvgIpc) is 3.46. The van der Waals surface area contributed by atoms with Crippen LogP contribution in [0.3, 0.4) is 0 Å². The van der Waals surface area contributed by atoms with Gasteiger partial charge in [-0.05, 0) is 99.9 Å². The van der Waals surface area contributed by atoms with E-state index in [0.29, 0.717) is 36.6 Å². The first kappa shape index (κ1) is 80.1. The zero-order valence-corrected chi connectivity index (χ0v) is 53.6. The summed E-state index contributed by atoms with van der Waals surface area (Å²) in [5, 5.41) is 14.0. The van der Waals surface area contributed by atoms with Gasteiger partial charge in [-0.15, -0.1) is 0 Å². The number of pyridine rings is 1. The van der Waals surface area contributed by atoms with Crippen LogP contribution in [-0.4, -0.2) is 73.9 Å². The first-order chi connectivity index (χ1) is 37.9. The van der Waals surface area contributed by atoms with Gasteiger partial charge in [-0.1, -0.05) is 191 Å². The fourth-order valence-corrected chi connectivity index (χ4v) is 6.88. The maximum absolute atomic E-state index is 12.2. The van der Waals surface area contributed by atoms with Crippen LogP contribution in [0.2, 0.25) is 0 Å². The van der Waals surface area contributed by atoms with Gasteiger partial charge in [-0.3, -0.25) is 19.4 Å². The van der Waals surface area contributed by atoms with Gasteiger partial charge < -0.3 is 35.6 Å². The molecule has 11 nitrogen and oxygen atoms in total. The molecule has 0 radical (unpaired) electrons. The Morgan fingerprint density at radius 2 is 1.25 bits per heavy atom. The number of hydrogen-bond acceptors (Lipinski definition) is 10. The third-order valence-corrected chi connectivity index (χ3v) is 11.2. The van der Waals surface area contributed by atoms with E-state index in [1.807, 2.05) is 164 Å². The molecule has 1 saturated carbocycles. The van der Waals surface area contributed by atoms with Gasteiger partial charge in [0.1, 0.15) is 18.4 Å². The minimum absolute atomic E-state index is 0.00712. The predicted molar refractivity (Wildman–Crippen MR) is 342 cm³/mol. The molecule has 0 aliphatic heterocycles. The molecular formula is C68H115N5O6. The normalized spacial score (nSPS) is 11.4. The number of allylic oxidation sites excluding steroid dienone is 1. The molecule has 1 amide bonds. The van der Waals surface area contributed by atoms with Crippen LogP contribution in [0.15, 0.2) is 91.1 Å². The van der Waals surface area contributed by atoms with Crippen molar-refractivity contribution >= 4 is 46.6 Å². The topological polar surface area (TPSA) is 156 Å². The van der Waals surface area contributed by atoms with Gasteiger partial charge in [0.05, 0.1) is 11.2 Å². The van der Waals surface area contributed by atoms with Gasteiger partial charge in [0, 0.05) is 98.7 Å². The summed E-state index contributed by atoms with van der Waals surface area (Å²) in [5.74, 6) is 1.53. The van der Waals surface area contributed by atoms with Crippen molar-refractivity contribution < 1.29 is 28.7 Å². The number of amides is 1. The van der Waals surface area contributed by atoms with E-state index in [9.17, 15) is 24.0 Å². The SMILES string of the molecule is C/C=C\CCOC.CC.CC.CC.CC(C)C=O.CC(C)NCc1ccc(C(=O)NCC2CCCCC2)cc1.CC(C)Nc1cccc2c(C(=O)C(C)C)ccnc12.CCCC=O.CCNCc1ccc(CC(=O)C(C)C)cc1. The lowest BCUT2D eigenvalue weighted by atomic mass is 9.89. The first-order valence-corrected chi connectivity index (χ1v) is 30.0. The van der Waals surface area contributed by atoms with Crippen LogP contribution in [0.1, 0.15) is 220 Å². The summed E-state index contributed by atoms with van der Waals surface area (Å²) in [6.07, 6.45) is 17.5. The number of para-hydroxylation sites is 1. The molecule has 0 unspecified atom stereocenters. The van der Waals surface area contributed by atoms with Crippen LogP contribution in [-0.2, 0) is 38.6 Å². The van der Waals surface area contributed by atoms with Crippen LogP contribution in [0.5, 0.6) is 0 Å². The number of methoxy groups -OCH3 is 1. The molecule has 1 fully saturated rings. The number of aromatic nitrogens is 1. The number of fused-ring (bicyclic) bond motifs is 1. The molecule has 1 aliphatic rings. The molecule has 11 heteroatoms. The molecule has 4 N–H and O–H groups in total. The van der Waals surface area contributed by atoms with Gasteiger partial charge >= 0.3 is 0 Å².